The van der Waals surface area contributed by atoms with E-state index >= 15 is 0 Å². The maximum Gasteiger partial charge on any atom is 0.0493 e. The molecular weight excluding hydrogens is 182 g/mol. The molecule has 0 aliphatic carbocycles. The van der Waals surface area contributed by atoms with Crippen LogP contribution in [0, 0.1) is 11.8 Å². The number of hydrogen-bond donors (Lipinski definition) is 1. The van der Waals surface area contributed by atoms with Crippen molar-refractivity contribution in [3.63, 3.8) is 0 Å². The lowest BCUT2D eigenvalue weighted by Gasteiger charge is -2.29. The Morgan fingerprint density at radius 1 is 1.62 bits per heavy atom. The first-order valence-electron chi connectivity index (χ1n) is 5.15. The summed E-state index contributed by atoms with van der Waals surface area (Å²) in [7, 11) is 1.79. The number of methoxy groups -OCH3 is 1. The van der Waals surface area contributed by atoms with Crippen molar-refractivity contribution in [3.05, 3.63) is 0 Å². The predicted molar refractivity (Wildman–Crippen MR) is 59.1 cm³/mol. The van der Waals surface area contributed by atoms with Gasteiger partial charge in [0.2, 0.25) is 0 Å². The van der Waals surface area contributed by atoms with Crippen LogP contribution >= 0.6 is 11.8 Å². The Kier molecular flexibility index (Phi) is 5.83. The van der Waals surface area contributed by atoms with Crippen molar-refractivity contribution >= 4 is 11.8 Å². The highest BCUT2D eigenvalue weighted by Crippen LogP contribution is 2.30. The largest absolute Gasteiger partial charge is 0.384 e. The van der Waals surface area contributed by atoms with Gasteiger partial charge in [-0.1, -0.05) is 0 Å². The van der Waals surface area contributed by atoms with E-state index < -0.39 is 0 Å². The van der Waals surface area contributed by atoms with Gasteiger partial charge in [-0.05, 0) is 49.1 Å². The summed E-state index contributed by atoms with van der Waals surface area (Å²) < 4.78 is 5.24. The first kappa shape index (κ1) is 11.3. The average molecular weight is 203 g/mol. The zero-order valence-corrected chi connectivity index (χ0v) is 9.31. The van der Waals surface area contributed by atoms with Crippen LogP contribution < -0.4 is 5.73 Å². The van der Waals surface area contributed by atoms with Crippen LogP contribution in [-0.4, -0.2) is 31.8 Å². The molecule has 0 aromatic rings. The van der Waals surface area contributed by atoms with Gasteiger partial charge in [-0.2, -0.15) is 11.8 Å². The fourth-order valence-corrected chi connectivity index (χ4v) is 3.30. The molecule has 2 nitrogen and oxygen atoms in total. The van der Waals surface area contributed by atoms with Crippen LogP contribution in [0.2, 0.25) is 0 Å². The van der Waals surface area contributed by atoms with E-state index in [0.29, 0.717) is 5.92 Å². The molecule has 1 fully saturated rings. The molecule has 1 aliphatic heterocycles. The Labute approximate surface area is 85.6 Å². The van der Waals surface area contributed by atoms with Crippen LogP contribution in [0.5, 0.6) is 0 Å². The predicted octanol–water partition coefficient (Wildman–Crippen LogP) is 1.74. The van der Waals surface area contributed by atoms with Gasteiger partial charge in [0.25, 0.3) is 0 Å². The standard InChI is InChI=1S/C10H21NOS/c1-12-7-9(4-5-11)10-3-2-6-13-8-10/h9-10H,2-8,11H2,1H3. The van der Waals surface area contributed by atoms with Gasteiger partial charge < -0.3 is 10.5 Å². The van der Waals surface area contributed by atoms with E-state index in [1.165, 1.54) is 24.3 Å². The normalized spacial score (nSPS) is 25.8. The molecule has 1 aliphatic rings. The van der Waals surface area contributed by atoms with E-state index in [2.05, 4.69) is 11.8 Å². The fourth-order valence-electron chi connectivity index (χ4n) is 2.02. The molecule has 0 aromatic heterocycles. The van der Waals surface area contributed by atoms with Gasteiger partial charge in [-0.3, -0.25) is 0 Å². The Morgan fingerprint density at radius 3 is 3.00 bits per heavy atom. The van der Waals surface area contributed by atoms with Crippen LogP contribution in [0.1, 0.15) is 19.3 Å². The maximum atomic E-state index is 5.60. The zero-order chi connectivity index (χ0) is 9.52. The summed E-state index contributed by atoms with van der Waals surface area (Å²) in [4.78, 5) is 0. The SMILES string of the molecule is COCC(CCN)C1CCCSC1. The highest BCUT2D eigenvalue weighted by Gasteiger charge is 2.22. The summed E-state index contributed by atoms with van der Waals surface area (Å²) in [5.74, 6) is 4.21. The summed E-state index contributed by atoms with van der Waals surface area (Å²) in [6.45, 7) is 1.69. The quantitative estimate of drug-likeness (QED) is 0.739. The van der Waals surface area contributed by atoms with Crippen LogP contribution in [0.15, 0.2) is 0 Å². The van der Waals surface area contributed by atoms with Crippen molar-refractivity contribution in [3.8, 4) is 0 Å². The Bertz CT molecular complexity index is 120. The van der Waals surface area contributed by atoms with Gasteiger partial charge >= 0.3 is 0 Å². The fraction of sp³-hybridized carbons (Fsp3) is 1.00. The summed E-state index contributed by atoms with van der Waals surface area (Å²) in [6, 6.07) is 0. The molecule has 1 rings (SSSR count). The molecule has 0 amide bonds. The summed E-state index contributed by atoms with van der Waals surface area (Å²) in [6.07, 6.45) is 3.88. The lowest BCUT2D eigenvalue weighted by Crippen LogP contribution is -2.26. The van der Waals surface area contributed by atoms with Crippen LogP contribution in [0.4, 0.5) is 0 Å². The minimum absolute atomic E-state index is 0.697. The van der Waals surface area contributed by atoms with Crippen LogP contribution in [0.25, 0.3) is 0 Å². The Morgan fingerprint density at radius 2 is 2.46 bits per heavy atom. The third-order valence-corrected chi connectivity index (χ3v) is 4.02. The smallest absolute Gasteiger partial charge is 0.0493 e. The van der Waals surface area contributed by atoms with Gasteiger partial charge in [0.05, 0.1) is 0 Å². The molecule has 78 valence electrons. The first-order chi connectivity index (χ1) is 6.38. The number of ether oxygens (including phenoxy) is 1. The van der Waals surface area contributed by atoms with Crippen LogP contribution in [0.3, 0.4) is 0 Å². The van der Waals surface area contributed by atoms with Crippen molar-refractivity contribution in [2.45, 2.75) is 19.3 Å². The van der Waals surface area contributed by atoms with E-state index in [9.17, 15) is 0 Å². The molecule has 1 heterocycles. The number of hydrogen-bond acceptors (Lipinski definition) is 3. The molecule has 0 bridgehead atoms. The van der Waals surface area contributed by atoms with Gasteiger partial charge in [0.15, 0.2) is 0 Å². The van der Waals surface area contributed by atoms with E-state index in [-0.39, 0.29) is 0 Å². The van der Waals surface area contributed by atoms with Gasteiger partial charge in [0.1, 0.15) is 0 Å². The number of thioether (sulfide) groups is 1. The highest BCUT2D eigenvalue weighted by atomic mass is 32.2. The molecule has 13 heavy (non-hydrogen) atoms. The first-order valence-corrected chi connectivity index (χ1v) is 6.30. The third-order valence-electron chi connectivity index (χ3n) is 2.78. The molecule has 0 radical (unpaired) electrons. The molecule has 2 atom stereocenters. The van der Waals surface area contributed by atoms with E-state index in [1.807, 2.05) is 0 Å². The summed E-state index contributed by atoms with van der Waals surface area (Å²) in [5, 5.41) is 0. The minimum Gasteiger partial charge on any atom is -0.384 e. The lowest BCUT2D eigenvalue weighted by atomic mass is 9.88. The van der Waals surface area contributed by atoms with E-state index in [1.54, 1.807) is 7.11 Å². The number of nitrogens with two attached hydrogens (primary N) is 1. The molecular formula is C10H21NOS. The molecule has 0 spiro atoms. The molecule has 2 unspecified atom stereocenters. The van der Waals surface area contributed by atoms with Crippen LogP contribution in [-0.2, 0) is 4.74 Å². The molecule has 2 N–H and O–H groups in total. The lowest BCUT2D eigenvalue weighted by molar-refractivity contribution is 0.118. The van der Waals surface area contributed by atoms with Crippen molar-refractivity contribution in [2.24, 2.45) is 17.6 Å². The second-order valence-corrected chi connectivity index (χ2v) is 4.92. The van der Waals surface area contributed by atoms with Crippen molar-refractivity contribution in [2.75, 3.05) is 31.8 Å². The zero-order valence-electron chi connectivity index (χ0n) is 8.50. The topological polar surface area (TPSA) is 35.2 Å². The molecule has 3 heteroatoms. The maximum absolute atomic E-state index is 5.60. The second-order valence-electron chi connectivity index (χ2n) is 3.77. The number of rotatable bonds is 5. The summed E-state index contributed by atoms with van der Waals surface area (Å²) >= 11 is 2.09. The minimum atomic E-state index is 0.697. The van der Waals surface area contributed by atoms with Gasteiger partial charge in [-0.15, -0.1) is 0 Å². The van der Waals surface area contributed by atoms with E-state index in [0.717, 1.165) is 25.5 Å². The van der Waals surface area contributed by atoms with Crippen molar-refractivity contribution < 1.29 is 4.74 Å². The molecule has 0 saturated carbocycles. The average Bonchev–Trinajstić information content (AvgIpc) is 2.19. The Hall–Kier alpha value is 0.270. The monoisotopic (exact) mass is 203 g/mol. The summed E-state index contributed by atoms with van der Waals surface area (Å²) in [5.41, 5.74) is 5.60. The molecule has 1 saturated heterocycles. The molecule has 0 aromatic carbocycles. The van der Waals surface area contributed by atoms with Gasteiger partial charge in [0, 0.05) is 13.7 Å². The highest BCUT2D eigenvalue weighted by molar-refractivity contribution is 7.99. The van der Waals surface area contributed by atoms with Gasteiger partial charge in [-0.25, -0.2) is 0 Å². The van der Waals surface area contributed by atoms with Crippen molar-refractivity contribution in [1.29, 1.82) is 0 Å². The Balaban J connectivity index is 2.32. The van der Waals surface area contributed by atoms with Crippen molar-refractivity contribution in [1.82, 2.24) is 0 Å². The van der Waals surface area contributed by atoms with E-state index in [4.69, 9.17) is 10.5 Å². The third kappa shape index (κ3) is 3.88. The second kappa shape index (κ2) is 6.68.